The minimum absolute atomic E-state index is 0.0647. The van der Waals surface area contributed by atoms with Crippen LogP contribution in [0.15, 0.2) is 0 Å². The molecule has 6 heteroatoms. The molecule has 0 amide bonds. The molecule has 61 heavy (non-hydrogen) atoms. The first-order chi connectivity index (χ1) is 29.7. The van der Waals surface area contributed by atoms with E-state index in [9.17, 15) is 14.4 Å². The van der Waals surface area contributed by atoms with Crippen LogP contribution in [0.3, 0.4) is 0 Å². The third-order valence-electron chi connectivity index (χ3n) is 12.5. The lowest BCUT2D eigenvalue weighted by atomic mass is 10.0. The summed E-state index contributed by atoms with van der Waals surface area (Å²) in [7, 11) is 0. The van der Waals surface area contributed by atoms with Crippen molar-refractivity contribution in [3.05, 3.63) is 0 Å². The topological polar surface area (TPSA) is 78.9 Å². The molecule has 0 aliphatic carbocycles. The van der Waals surface area contributed by atoms with Crippen LogP contribution in [0.5, 0.6) is 0 Å². The zero-order valence-corrected chi connectivity index (χ0v) is 41.8. The number of hydrogen-bond acceptors (Lipinski definition) is 6. The fraction of sp³-hybridized carbons (Fsp3) is 0.945. The van der Waals surface area contributed by atoms with E-state index in [0.717, 1.165) is 76.0 Å². The van der Waals surface area contributed by atoms with Crippen LogP contribution in [0.1, 0.15) is 304 Å². The second-order valence-corrected chi connectivity index (χ2v) is 19.8. The van der Waals surface area contributed by atoms with Crippen molar-refractivity contribution in [3.8, 4) is 0 Å². The molecule has 0 saturated carbocycles. The van der Waals surface area contributed by atoms with Gasteiger partial charge in [0.1, 0.15) is 13.2 Å². The SMILES string of the molecule is CCCCCCCC(=O)O[C@@H](COC(=O)CCCCCCCCCCCCCCCCCCCCC(C)C)COC(=O)CCCCCCCCCCCCCCCCC(C)C. The van der Waals surface area contributed by atoms with Crippen LogP contribution in [0, 0.1) is 11.8 Å². The number of esters is 3. The molecule has 0 aromatic heterocycles. The molecular weight excluding hydrogens is 757 g/mol. The molecule has 0 heterocycles. The third-order valence-corrected chi connectivity index (χ3v) is 12.5. The zero-order valence-electron chi connectivity index (χ0n) is 41.8. The van der Waals surface area contributed by atoms with Crippen molar-refractivity contribution in [2.45, 2.75) is 310 Å². The Morgan fingerprint density at radius 3 is 0.803 bits per heavy atom. The molecule has 0 spiro atoms. The first-order valence-corrected chi connectivity index (χ1v) is 27.2. The number of unbranched alkanes of at least 4 members (excludes halogenated alkanes) is 34. The van der Waals surface area contributed by atoms with Gasteiger partial charge in [-0.25, -0.2) is 0 Å². The molecule has 0 N–H and O–H groups in total. The molecule has 0 fully saturated rings. The molecule has 0 aromatic rings. The summed E-state index contributed by atoms with van der Waals surface area (Å²) in [5, 5.41) is 0. The van der Waals surface area contributed by atoms with Crippen LogP contribution < -0.4 is 0 Å². The van der Waals surface area contributed by atoms with Gasteiger partial charge < -0.3 is 14.2 Å². The predicted molar refractivity (Wildman–Crippen MR) is 261 cm³/mol. The van der Waals surface area contributed by atoms with Crippen molar-refractivity contribution in [1.29, 1.82) is 0 Å². The van der Waals surface area contributed by atoms with Crippen LogP contribution in [0.2, 0.25) is 0 Å². The van der Waals surface area contributed by atoms with Gasteiger partial charge in [-0.2, -0.15) is 0 Å². The molecule has 0 bridgehead atoms. The molecule has 6 nitrogen and oxygen atoms in total. The van der Waals surface area contributed by atoms with Gasteiger partial charge in [0.15, 0.2) is 6.10 Å². The van der Waals surface area contributed by atoms with Crippen LogP contribution in [-0.2, 0) is 28.6 Å². The van der Waals surface area contributed by atoms with E-state index in [-0.39, 0.29) is 31.1 Å². The van der Waals surface area contributed by atoms with Gasteiger partial charge in [0.05, 0.1) is 0 Å². The van der Waals surface area contributed by atoms with Gasteiger partial charge in [0.25, 0.3) is 0 Å². The maximum atomic E-state index is 12.6. The highest BCUT2D eigenvalue weighted by Gasteiger charge is 2.19. The number of hydrogen-bond donors (Lipinski definition) is 0. The number of carbonyl (C=O) groups is 3. The second kappa shape index (κ2) is 47.9. The van der Waals surface area contributed by atoms with Crippen LogP contribution >= 0.6 is 0 Å². The Morgan fingerprint density at radius 2 is 0.541 bits per heavy atom. The second-order valence-electron chi connectivity index (χ2n) is 19.8. The van der Waals surface area contributed by atoms with Crippen LogP contribution in [0.25, 0.3) is 0 Å². The summed E-state index contributed by atoms with van der Waals surface area (Å²) in [6.45, 7) is 11.3. The van der Waals surface area contributed by atoms with Crippen LogP contribution in [0.4, 0.5) is 0 Å². The summed E-state index contributed by atoms with van der Waals surface area (Å²) in [5.41, 5.74) is 0. The van der Waals surface area contributed by atoms with Crippen molar-refractivity contribution in [2.24, 2.45) is 11.8 Å². The molecule has 0 saturated heterocycles. The minimum Gasteiger partial charge on any atom is -0.462 e. The number of ether oxygens (including phenoxy) is 3. The van der Waals surface area contributed by atoms with E-state index in [0.29, 0.717) is 19.3 Å². The highest BCUT2D eigenvalue weighted by Crippen LogP contribution is 2.18. The van der Waals surface area contributed by atoms with Gasteiger partial charge >= 0.3 is 17.9 Å². The Bertz CT molecular complexity index is 931. The monoisotopic (exact) mass is 863 g/mol. The average molecular weight is 863 g/mol. The smallest absolute Gasteiger partial charge is 0.306 e. The van der Waals surface area contributed by atoms with Crippen molar-refractivity contribution >= 4 is 17.9 Å². The van der Waals surface area contributed by atoms with Crippen molar-refractivity contribution in [3.63, 3.8) is 0 Å². The Kier molecular flexibility index (Phi) is 46.6. The first kappa shape index (κ1) is 59.4. The van der Waals surface area contributed by atoms with Gasteiger partial charge in [-0.3, -0.25) is 14.4 Å². The summed E-state index contributed by atoms with van der Waals surface area (Å²) < 4.78 is 16.7. The van der Waals surface area contributed by atoms with Crippen molar-refractivity contribution in [2.75, 3.05) is 13.2 Å². The highest BCUT2D eigenvalue weighted by atomic mass is 16.6. The van der Waals surface area contributed by atoms with Crippen LogP contribution in [-0.4, -0.2) is 37.2 Å². The van der Waals surface area contributed by atoms with E-state index >= 15 is 0 Å². The third kappa shape index (κ3) is 49.3. The molecular formula is C55H106O6. The molecule has 0 unspecified atom stereocenters. The maximum absolute atomic E-state index is 12.6. The lowest BCUT2D eigenvalue weighted by Gasteiger charge is -2.18. The molecule has 0 aliphatic heterocycles. The lowest BCUT2D eigenvalue weighted by Crippen LogP contribution is -2.30. The zero-order chi connectivity index (χ0) is 44.7. The van der Waals surface area contributed by atoms with Gasteiger partial charge in [0.2, 0.25) is 0 Å². The standard InChI is InChI=1S/C55H106O6/c1-6-7-8-33-42-47-55(58)61-52(49-60-54(57)46-41-37-32-28-24-20-16-15-18-22-26-30-35-39-44-51(4)5)48-59-53(56)45-40-36-31-27-23-19-14-12-10-9-11-13-17-21-25-29-34-38-43-50(2)3/h50-52H,6-49H2,1-5H3/t52-/m0/s1. The summed E-state index contributed by atoms with van der Waals surface area (Å²) in [6, 6.07) is 0. The van der Waals surface area contributed by atoms with E-state index in [2.05, 4.69) is 34.6 Å². The molecule has 0 aromatic carbocycles. The minimum atomic E-state index is -0.759. The highest BCUT2D eigenvalue weighted by molar-refractivity contribution is 5.71. The summed E-state index contributed by atoms with van der Waals surface area (Å²) in [5.74, 6) is 0.844. The van der Waals surface area contributed by atoms with E-state index in [4.69, 9.17) is 14.2 Å². The molecule has 0 aliphatic rings. The van der Waals surface area contributed by atoms with Gasteiger partial charge in [-0.05, 0) is 31.1 Å². The quantitative estimate of drug-likeness (QED) is 0.0344. The summed E-state index contributed by atoms with van der Waals surface area (Å²) >= 11 is 0. The summed E-state index contributed by atoms with van der Waals surface area (Å²) in [6.07, 6.45) is 49.9. The molecule has 362 valence electrons. The summed E-state index contributed by atoms with van der Waals surface area (Å²) in [4.78, 5) is 37.7. The van der Waals surface area contributed by atoms with Gasteiger partial charge in [-0.15, -0.1) is 0 Å². The average Bonchev–Trinajstić information content (AvgIpc) is 3.23. The number of carbonyl (C=O) groups excluding carboxylic acids is 3. The fourth-order valence-electron chi connectivity index (χ4n) is 8.34. The first-order valence-electron chi connectivity index (χ1n) is 27.2. The largest absolute Gasteiger partial charge is 0.462 e. The molecule has 0 rings (SSSR count). The molecule has 1 atom stereocenters. The van der Waals surface area contributed by atoms with Crippen molar-refractivity contribution < 1.29 is 28.6 Å². The lowest BCUT2D eigenvalue weighted by molar-refractivity contribution is -0.167. The fourth-order valence-corrected chi connectivity index (χ4v) is 8.34. The predicted octanol–water partition coefficient (Wildman–Crippen LogP) is 17.7. The Morgan fingerprint density at radius 1 is 0.311 bits per heavy atom. The van der Waals surface area contributed by atoms with E-state index < -0.39 is 6.10 Å². The van der Waals surface area contributed by atoms with E-state index in [1.54, 1.807) is 0 Å². The molecule has 0 radical (unpaired) electrons. The Hall–Kier alpha value is -1.59. The maximum Gasteiger partial charge on any atom is 0.306 e. The van der Waals surface area contributed by atoms with Crippen molar-refractivity contribution in [1.82, 2.24) is 0 Å². The Balaban J connectivity index is 4.01. The number of rotatable bonds is 49. The van der Waals surface area contributed by atoms with Gasteiger partial charge in [0, 0.05) is 19.3 Å². The van der Waals surface area contributed by atoms with Gasteiger partial charge in [-0.1, -0.05) is 266 Å². The Labute approximate surface area is 380 Å². The van der Waals surface area contributed by atoms with E-state index in [1.165, 1.54) is 186 Å². The normalized spacial score (nSPS) is 12.0. The van der Waals surface area contributed by atoms with E-state index in [1.807, 2.05) is 0 Å².